The van der Waals surface area contributed by atoms with Crippen LogP contribution in [0, 0.1) is 5.92 Å². The third-order valence-corrected chi connectivity index (χ3v) is 3.19. The molecule has 7 heteroatoms. The molecule has 1 heterocycles. The fourth-order valence-electron chi connectivity index (χ4n) is 2.28. The van der Waals surface area contributed by atoms with Gasteiger partial charge in [-0.2, -0.15) is 0 Å². The maximum absolute atomic E-state index is 12.0. The van der Waals surface area contributed by atoms with Gasteiger partial charge in [0.1, 0.15) is 6.04 Å². The molecule has 1 saturated heterocycles. The summed E-state index contributed by atoms with van der Waals surface area (Å²) in [7, 11) is 0. The summed E-state index contributed by atoms with van der Waals surface area (Å²) < 4.78 is 0. The van der Waals surface area contributed by atoms with E-state index in [0.717, 1.165) is 0 Å². The highest BCUT2D eigenvalue weighted by Gasteiger charge is 2.29. The van der Waals surface area contributed by atoms with E-state index >= 15 is 0 Å². The quantitative estimate of drug-likeness (QED) is 0.681. The summed E-state index contributed by atoms with van der Waals surface area (Å²) in [4.78, 5) is 35.6. The van der Waals surface area contributed by atoms with Crippen LogP contribution in [0.25, 0.3) is 0 Å². The highest BCUT2D eigenvalue weighted by molar-refractivity contribution is 5.82. The lowest BCUT2D eigenvalue weighted by Crippen LogP contribution is -2.48. The van der Waals surface area contributed by atoms with Gasteiger partial charge in [0.25, 0.3) is 0 Å². The predicted octanol–water partition coefficient (Wildman–Crippen LogP) is 0.406. The predicted molar refractivity (Wildman–Crippen MR) is 73.2 cm³/mol. The lowest BCUT2D eigenvalue weighted by Gasteiger charge is -2.22. The molecule has 1 aliphatic heterocycles. The molecule has 20 heavy (non-hydrogen) atoms. The molecule has 3 amide bonds. The van der Waals surface area contributed by atoms with E-state index in [-0.39, 0.29) is 23.9 Å². The van der Waals surface area contributed by atoms with Crippen molar-refractivity contribution in [2.75, 3.05) is 13.1 Å². The zero-order chi connectivity index (χ0) is 15.3. The average Bonchev–Trinajstić information content (AvgIpc) is 2.74. The molecule has 0 aliphatic carbocycles. The van der Waals surface area contributed by atoms with E-state index in [1.54, 1.807) is 0 Å². The van der Waals surface area contributed by atoms with Crippen LogP contribution in [0.5, 0.6) is 0 Å². The molecule has 3 N–H and O–H groups in total. The van der Waals surface area contributed by atoms with Gasteiger partial charge in [-0.3, -0.25) is 4.79 Å². The van der Waals surface area contributed by atoms with E-state index < -0.39 is 12.0 Å². The van der Waals surface area contributed by atoms with Crippen molar-refractivity contribution >= 4 is 17.9 Å². The normalized spacial score (nSPS) is 19.8. The Labute approximate surface area is 118 Å². The van der Waals surface area contributed by atoms with Crippen molar-refractivity contribution in [1.82, 2.24) is 15.5 Å². The molecule has 0 radical (unpaired) electrons. The Morgan fingerprint density at radius 3 is 2.50 bits per heavy atom. The first kappa shape index (κ1) is 16.3. The van der Waals surface area contributed by atoms with Crippen molar-refractivity contribution in [2.45, 2.75) is 45.7 Å². The van der Waals surface area contributed by atoms with Crippen molar-refractivity contribution < 1.29 is 19.5 Å². The second kappa shape index (κ2) is 7.12. The highest BCUT2D eigenvalue weighted by atomic mass is 16.4. The minimum atomic E-state index is -1.02. The number of amides is 3. The van der Waals surface area contributed by atoms with Crippen molar-refractivity contribution in [2.24, 2.45) is 5.92 Å². The molecular formula is C13H23N3O4. The first-order chi connectivity index (χ1) is 9.29. The lowest BCUT2D eigenvalue weighted by molar-refractivity contribution is -0.139. The van der Waals surface area contributed by atoms with E-state index in [0.29, 0.717) is 25.9 Å². The SMILES string of the molecule is CC(=O)NC1CCN(C(=O)N[C@H](CC(C)C)C(=O)O)C1. The molecule has 0 aromatic carbocycles. The van der Waals surface area contributed by atoms with Crippen molar-refractivity contribution in [1.29, 1.82) is 0 Å². The molecule has 0 aromatic heterocycles. The molecule has 1 aliphatic rings. The molecule has 1 fully saturated rings. The summed E-state index contributed by atoms with van der Waals surface area (Å²) in [5.41, 5.74) is 0. The number of carboxylic acids is 1. The summed E-state index contributed by atoms with van der Waals surface area (Å²) in [5.74, 6) is -0.966. The smallest absolute Gasteiger partial charge is 0.326 e. The molecule has 114 valence electrons. The number of rotatable bonds is 5. The molecular weight excluding hydrogens is 262 g/mol. The molecule has 0 saturated carbocycles. The number of urea groups is 1. The molecule has 1 rings (SSSR count). The molecule has 1 unspecified atom stereocenters. The fraction of sp³-hybridized carbons (Fsp3) is 0.769. The van der Waals surface area contributed by atoms with Gasteiger partial charge >= 0.3 is 12.0 Å². The molecule has 0 bridgehead atoms. The minimum absolute atomic E-state index is 0.0494. The number of hydrogen-bond acceptors (Lipinski definition) is 3. The first-order valence-corrected chi connectivity index (χ1v) is 6.85. The van der Waals surface area contributed by atoms with Crippen molar-refractivity contribution in [3.05, 3.63) is 0 Å². The number of carbonyl (C=O) groups excluding carboxylic acids is 2. The summed E-state index contributed by atoms with van der Waals surface area (Å²) in [6, 6.07) is -1.31. The summed E-state index contributed by atoms with van der Waals surface area (Å²) in [6.45, 7) is 6.19. The third-order valence-electron chi connectivity index (χ3n) is 3.19. The lowest BCUT2D eigenvalue weighted by atomic mass is 10.0. The molecule has 2 atom stereocenters. The van der Waals surface area contributed by atoms with Crippen molar-refractivity contribution in [3.8, 4) is 0 Å². The first-order valence-electron chi connectivity index (χ1n) is 6.85. The van der Waals surface area contributed by atoms with Gasteiger partial charge in [-0.05, 0) is 18.8 Å². The van der Waals surface area contributed by atoms with Crippen LogP contribution in [0.4, 0.5) is 4.79 Å². The topological polar surface area (TPSA) is 98.7 Å². The van der Waals surface area contributed by atoms with Crippen LogP contribution in [0.3, 0.4) is 0 Å². The summed E-state index contributed by atoms with van der Waals surface area (Å²) in [5, 5.41) is 14.4. The fourth-order valence-corrected chi connectivity index (χ4v) is 2.28. The monoisotopic (exact) mass is 285 g/mol. The Balaban J connectivity index is 2.49. The number of nitrogens with one attached hydrogen (secondary N) is 2. The van der Waals surface area contributed by atoms with E-state index in [1.807, 2.05) is 13.8 Å². The van der Waals surface area contributed by atoms with E-state index in [1.165, 1.54) is 11.8 Å². The Bertz CT molecular complexity index is 384. The van der Waals surface area contributed by atoms with Gasteiger partial charge in [0.05, 0.1) is 0 Å². The Kier molecular flexibility index (Phi) is 5.79. The van der Waals surface area contributed by atoms with Gasteiger partial charge in [-0.1, -0.05) is 13.8 Å². The third kappa shape index (κ3) is 5.07. The van der Waals surface area contributed by atoms with Gasteiger partial charge in [-0.15, -0.1) is 0 Å². The Morgan fingerprint density at radius 2 is 2.00 bits per heavy atom. The van der Waals surface area contributed by atoms with Crippen LogP contribution in [0.15, 0.2) is 0 Å². The van der Waals surface area contributed by atoms with Crippen LogP contribution < -0.4 is 10.6 Å². The van der Waals surface area contributed by atoms with Crippen LogP contribution >= 0.6 is 0 Å². The number of hydrogen-bond donors (Lipinski definition) is 3. The van der Waals surface area contributed by atoms with Crippen LogP contribution in [-0.4, -0.2) is 53.1 Å². The molecule has 7 nitrogen and oxygen atoms in total. The summed E-state index contributed by atoms with van der Waals surface area (Å²) >= 11 is 0. The largest absolute Gasteiger partial charge is 0.480 e. The zero-order valence-electron chi connectivity index (χ0n) is 12.2. The second-order valence-corrected chi connectivity index (χ2v) is 5.60. The standard InChI is InChI=1S/C13H23N3O4/c1-8(2)6-11(12(18)19)15-13(20)16-5-4-10(7-16)14-9(3)17/h8,10-11H,4-7H2,1-3H3,(H,14,17)(H,15,20)(H,18,19)/t10?,11-/m1/s1. The van der Waals surface area contributed by atoms with Crippen molar-refractivity contribution in [3.63, 3.8) is 0 Å². The van der Waals surface area contributed by atoms with Crippen LogP contribution in [-0.2, 0) is 9.59 Å². The van der Waals surface area contributed by atoms with E-state index in [2.05, 4.69) is 10.6 Å². The molecule has 0 spiro atoms. The molecule has 0 aromatic rings. The van der Waals surface area contributed by atoms with Crippen LogP contribution in [0.2, 0.25) is 0 Å². The highest BCUT2D eigenvalue weighted by Crippen LogP contribution is 2.11. The van der Waals surface area contributed by atoms with Gasteiger partial charge in [-0.25, -0.2) is 9.59 Å². The van der Waals surface area contributed by atoms with Gasteiger partial charge in [0, 0.05) is 26.1 Å². The number of carboxylic acid groups (broad SMARTS) is 1. The maximum Gasteiger partial charge on any atom is 0.326 e. The van der Waals surface area contributed by atoms with Gasteiger partial charge in [0.2, 0.25) is 5.91 Å². The number of nitrogens with zero attached hydrogens (tertiary/aromatic N) is 1. The Hall–Kier alpha value is -1.79. The number of likely N-dealkylation sites (tertiary alicyclic amines) is 1. The van der Waals surface area contributed by atoms with E-state index in [4.69, 9.17) is 5.11 Å². The van der Waals surface area contributed by atoms with Gasteiger partial charge in [0.15, 0.2) is 0 Å². The number of carbonyl (C=O) groups is 3. The summed E-state index contributed by atoms with van der Waals surface area (Å²) in [6.07, 6.45) is 1.08. The van der Waals surface area contributed by atoms with E-state index in [9.17, 15) is 14.4 Å². The number of aliphatic carboxylic acids is 1. The maximum atomic E-state index is 12.0. The minimum Gasteiger partial charge on any atom is -0.480 e. The average molecular weight is 285 g/mol. The Morgan fingerprint density at radius 1 is 1.35 bits per heavy atom. The zero-order valence-corrected chi connectivity index (χ0v) is 12.2. The van der Waals surface area contributed by atoms with Gasteiger partial charge < -0.3 is 20.6 Å². The van der Waals surface area contributed by atoms with Crippen LogP contribution in [0.1, 0.15) is 33.6 Å². The second-order valence-electron chi connectivity index (χ2n) is 5.60.